The Morgan fingerprint density at radius 3 is 2.39 bits per heavy atom. The van der Waals surface area contributed by atoms with Crippen LogP contribution in [0.5, 0.6) is 0 Å². The molecule has 0 saturated carbocycles. The van der Waals surface area contributed by atoms with Crippen LogP contribution >= 0.6 is 11.8 Å². The van der Waals surface area contributed by atoms with Crippen molar-refractivity contribution in [2.75, 3.05) is 11.1 Å². The smallest absolute Gasteiger partial charge is 0.266 e. The largest absolute Gasteiger partial charge is 0.325 e. The van der Waals surface area contributed by atoms with Gasteiger partial charge in [0.15, 0.2) is 5.16 Å². The fraction of sp³-hybridized carbons (Fsp3) is 0.222. The van der Waals surface area contributed by atoms with E-state index in [4.69, 9.17) is 4.98 Å². The summed E-state index contributed by atoms with van der Waals surface area (Å²) in [6.45, 7) is 8.31. The number of nitrogens with one attached hydrogen (secondary N) is 1. The number of aryl methyl sites for hydroxylation is 1. The van der Waals surface area contributed by atoms with Crippen LogP contribution in [0.25, 0.3) is 16.6 Å². The van der Waals surface area contributed by atoms with Gasteiger partial charge in [0.25, 0.3) is 5.56 Å². The van der Waals surface area contributed by atoms with E-state index in [1.807, 2.05) is 73.7 Å². The number of carbonyl (C=O) groups is 1. The van der Waals surface area contributed by atoms with Gasteiger partial charge in [-0.15, -0.1) is 0 Å². The number of carbonyl (C=O) groups excluding carboxylic acids is 1. The number of aromatic nitrogens is 2. The summed E-state index contributed by atoms with van der Waals surface area (Å²) >= 11 is 1.26. The van der Waals surface area contributed by atoms with Crippen molar-refractivity contribution in [2.45, 2.75) is 38.3 Å². The summed E-state index contributed by atoms with van der Waals surface area (Å²) in [4.78, 5) is 31.0. The molecule has 33 heavy (non-hydrogen) atoms. The third kappa shape index (κ3) is 4.86. The molecule has 4 aromatic rings. The monoisotopic (exact) mass is 457 g/mol. The van der Waals surface area contributed by atoms with Crippen molar-refractivity contribution < 1.29 is 4.79 Å². The van der Waals surface area contributed by atoms with Crippen LogP contribution in [0.15, 0.2) is 82.7 Å². The highest BCUT2D eigenvalue weighted by molar-refractivity contribution is 7.99. The van der Waals surface area contributed by atoms with E-state index in [1.54, 1.807) is 10.6 Å². The number of hydrogen-bond donors (Lipinski definition) is 1. The van der Waals surface area contributed by atoms with E-state index in [0.717, 1.165) is 22.5 Å². The Morgan fingerprint density at radius 2 is 1.64 bits per heavy atom. The Hall–Kier alpha value is -3.38. The van der Waals surface area contributed by atoms with Gasteiger partial charge < -0.3 is 5.32 Å². The third-order valence-corrected chi connectivity index (χ3v) is 6.38. The first-order valence-corrected chi connectivity index (χ1v) is 11.8. The molecule has 6 heteroatoms. The van der Waals surface area contributed by atoms with Crippen LogP contribution in [-0.2, 0) is 10.2 Å². The van der Waals surface area contributed by atoms with Crippen molar-refractivity contribution in [1.82, 2.24) is 9.55 Å². The van der Waals surface area contributed by atoms with Gasteiger partial charge in [0.05, 0.1) is 22.3 Å². The first-order chi connectivity index (χ1) is 15.8. The molecular weight excluding hydrogens is 430 g/mol. The fourth-order valence-electron chi connectivity index (χ4n) is 3.80. The zero-order chi connectivity index (χ0) is 23.6. The zero-order valence-electron chi connectivity index (χ0n) is 19.3. The summed E-state index contributed by atoms with van der Waals surface area (Å²) in [5.74, 6) is -0.00904. The number of benzene rings is 3. The van der Waals surface area contributed by atoms with Gasteiger partial charge in [-0.05, 0) is 47.7 Å². The Kier molecular flexibility index (Phi) is 6.38. The second-order valence-corrected chi connectivity index (χ2v) is 9.91. The molecule has 0 spiro atoms. The van der Waals surface area contributed by atoms with Gasteiger partial charge >= 0.3 is 0 Å². The molecule has 0 unspecified atom stereocenters. The Bertz CT molecular complexity index is 1390. The number of para-hydroxylation sites is 3. The van der Waals surface area contributed by atoms with Gasteiger partial charge in [0.1, 0.15) is 0 Å². The maximum atomic E-state index is 13.4. The molecule has 0 aliphatic heterocycles. The van der Waals surface area contributed by atoms with Crippen LogP contribution in [0.1, 0.15) is 31.9 Å². The average Bonchev–Trinajstić information content (AvgIpc) is 2.78. The fourth-order valence-corrected chi connectivity index (χ4v) is 4.60. The molecule has 0 radical (unpaired) electrons. The van der Waals surface area contributed by atoms with Crippen LogP contribution in [0.3, 0.4) is 0 Å². The first-order valence-electron chi connectivity index (χ1n) is 10.9. The number of hydrogen-bond acceptors (Lipinski definition) is 4. The number of nitrogens with zero attached hydrogens (tertiary/aromatic N) is 2. The van der Waals surface area contributed by atoms with E-state index in [0.29, 0.717) is 16.1 Å². The van der Waals surface area contributed by atoms with Gasteiger partial charge in [-0.3, -0.25) is 14.2 Å². The Labute approximate surface area is 197 Å². The van der Waals surface area contributed by atoms with E-state index in [-0.39, 0.29) is 22.6 Å². The molecule has 3 aromatic carbocycles. The van der Waals surface area contributed by atoms with Gasteiger partial charge in [-0.2, -0.15) is 0 Å². The molecule has 168 valence electrons. The molecule has 1 heterocycles. The Morgan fingerprint density at radius 1 is 0.970 bits per heavy atom. The molecular formula is C27H27N3O2S. The number of fused-ring (bicyclic) bond motifs is 1. The number of thioether (sulfide) groups is 1. The number of anilines is 1. The molecule has 5 nitrogen and oxygen atoms in total. The summed E-state index contributed by atoms with van der Waals surface area (Å²) in [6, 6.07) is 22.8. The minimum atomic E-state index is -0.143. The van der Waals surface area contributed by atoms with Crippen molar-refractivity contribution in [2.24, 2.45) is 0 Å². The SMILES string of the molecule is Cc1ccccc1-n1c(SCC(=O)Nc2ccccc2C(C)(C)C)nc2ccccc2c1=O. The molecule has 1 N–H and O–H groups in total. The van der Waals surface area contributed by atoms with Crippen molar-refractivity contribution in [3.05, 3.63) is 94.3 Å². The van der Waals surface area contributed by atoms with Gasteiger partial charge in [-0.25, -0.2) is 4.98 Å². The molecule has 1 aromatic heterocycles. The van der Waals surface area contributed by atoms with Gasteiger partial charge in [0, 0.05) is 5.69 Å². The highest BCUT2D eigenvalue weighted by atomic mass is 32.2. The van der Waals surface area contributed by atoms with E-state index in [2.05, 4.69) is 26.1 Å². The average molecular weight is 458 g/mol. The standard InChI is InChI=1S/C27H27N3O2S/c1-18-11-5-10-16-23(18)30-25(32)19-12-6-8-14-21(19)29-26(30)33-17-24(31)28-22-15-9-7-13-20(22)27(2,3)4/h5-16H,17H2,1-4H3,(H,28,31). The predicted molar refractivity (Wildman–Crippen MR) is 137 cm³/mol. The summed E-state index contributed by atoms with van der Waals surface area (Å²) < 4.78 is 1.61. The van der Waals surface area contributed by atoms with Crippen LogP contribution in [0.4, 0.5) is 5.69 Å². The van der Waals surface area contributed by atoms with Gasteiger partial charge in [0.2, 0.25) is 5.91 Å². The topological polar surface area (TPSA) is 64.0 Å². The predicted octanol–water partition coefficient (Wildman–Crippen LogP) is 5.72. The highest BCUT2D eigenvalue weighted by Gasteiger charge is 2.20. The molecule has 0 aliphatic carbocycles. The summed E-state index contributed by atoms with van der Waals surface area (Å²) in [5.41, 5.74) is 3.98. The van der Waals surface area contributed by atoms with Crippen molar-refractivity contribution in [3.8, 4) is 5.69 Å². The van der Waals surface area contributed by atoms with Crippen LogP contribution in [0.2, 0.25) is 0 Å². The van der Waals surface area contributed by atoms with Gasteiger partial charge in [-0.1, -0.05) is 81.1 Å². The van der Waals surface area contributed by atoms with Crippen LogP contribution in [0, 0.1) is 6.92 Å². The van der Waals surface area contributed by atoms with E-state index < -0.39 is 0 Å². The van der Waals surface area contributed by atoms with Crippen molar-refractivity contribution in [3.63, 3.8) is 0 Å². The van der Waals surface area contributed by atoms with E-state index >= 15 is 0 Å². The molecule has 0 atom stereocenters. The third-order valence-electron chi connectivity index (χ3n) is 5.44. The lowest BCUT2D eigenvalue weighted by molar-refractivity contribution is -0.113. The van der Waals surface area contributed by atoms with E-state index in [1.165, 1.54) is 11.8 Å². The minimum Gasteiger partial charge on any atom is -0.325 e. The second-order valence-electron chi connectivity index (χ2n) is 8.97. The summed E-state index contributed by atoms with van der Waals surface area (Å²) in [6.07, 6.45) is 0. The number of rotatable bonds is 5. The molecule has 0 bridgehead atoms. The first kappa shape index (κ1) is 22.8. The summed E-state index contributed by atoms with van der Waals surface area (Å²) in [7, 11) is 0. The molecule has 1 amide bonds. The molecule has 0 aliphatic rings. The minimum absolute atomic E-state index is 0.0950. The highest BCUT2D eigenvalue weighted by Crippen LogP contribution is 2.30. The maximum Gasteiger partial charge on any atom is 0.266 e. The quantitative estimate of drug-likeness (QED) is 0.307. The zero-order valence-corrected chi connectivity index (χ0v) is 20.1. The normalized spacial score (nSPS) is 11.5. The number of amides is 1. The van der Waals surface area contributed by atoms with Crippen molar-refractivity contribution in [1.29, 1.82) is 0 Å². The molecule has 0 saturated heterocycles. The lowest BCUT2D eigenvalue weighted by Crippen LogP contribution is -2.24. The van der Waals surface area contributed by atoms with Crippen LogP contribution in [-0.4, -0.2) is 21.2 Å². The molecule has 4 rings (SSSR count). The summed E-state index contributed by atoms with van der Waals surface area (Å²) in [5, 5.41) is 4.08. The second kappa shape index (κ2) is 9.24. The Balaban J connectivity index is 1.67. The van der Waals surface area contributed by atoms with E-state index in [9.17, 15) is 9.59 Å². The lowest BCUT2D eigenvalue weighted by Gasteiger charge is -2.23. The molecule has 0 fully saturated rings. The lowest BCUT2D eigenvalue weighted by atomic mass is 9.86. The maximum absolute atomic E-state index is 13.4. The van der Waals surface area contributed by atoms with Crippen LogP contribution < -0.4 is 10.9 Å². The van der Waals surface area contributed by atoms with Crippen molar-refractivity contribution >= 4 is 34.3 Å².